The maximum absolute atomic E-state index is 5.25. The molecule has 242 valence electrons. The molecule has 0 bridgehead atoms. The predicted molar refractivity (Wildman–Crippen MR) is 217 cm³/mol. The van der Waals surface area contributed by atoms with Crippen molar-refractivity contribution in [1.29, 1.82) is 0 Å². The molecule has 0 aliphatic heterocycles. The molecular weight excluding hydrogens is 631 g/mol. The van der Waals surface area contributed by atoms with Crippen molar-refractivity contribution >= 4 is 43.1 Å². The number of benzene rings is 9. The topological polar surface area (TPSA) is 38.7 Å². The van der Waals surface area contributed by atoms with Crippen LogP contribution in [0.2, 0.25) is 0 Å². The Morgan fingerprint density at radius 3 is 1.46 bits per heavy atom. The van der Waals surface area contributed by atoms with Gasteiger partial charge in [0.25, 0.3) is 0 Å². The van der Waals surface area contributed by atoms with Crippen molar-refractivity contribution in [1.82, 2.24) is 15.0 Å². The van der Waals surface area contributed by atoms with Gasteiger partial charge in [0.1, 0.15) is 0 Å². The van der Waals surface area contributed by atoms with Gasteiger partial charge in [-0.25, -0.2) is 15.0 Å². The molecule has 1 aromatic heterocycles. The Labute approximate surface area is 301 Å². The lowest BCUT2D eigenvalue weighted by molar-refractivity contribution is 1.08. The molecule has 9 aromatic carbocycles. The second-order valence-electron chi connectivity index (χ2n) is 13.2. The average molecular weight is 662 g/mol. The third-order valence-electron chi connectivity index (χ3n) is 10.1. The molecule has 0 fully saturated rings. The monoisotopic (exact) mass is 661 g/mol. The fraction of sp³-hybridized carbons (Fsp3) is 0. The number of hydrogen-bond donors (Lipinski definition) is 0. The highest BCUT2D eigenvalue weighted by Crippen LogP contribution is 2.38. The van der Waals surface area contributed by atoms with Crippen LogP contribution in [0.1, 0.15) is 0 Å². The van der Waals surface area contributed by atoms with E-state index in [-0.39, 0.29) is 0 Å². The minimum atomic E-state index is 0.642. The summed E-state index contributed by atoms with van der Waals surface area (Å²) in [5.74, 6) is 1.94. The third kappa shape index (κ3) is 5.28. The molecule has 52 heavy (non-hydrogen) atoms. The predicted octanol–water partition coefficient (Wildman–Crippen LogP) is 12.8. The van der Waals surface area contributed by atoms with Gasteiger partial charge < -0.3 is 0 Å². The standard InChI is InChI=1S/C49H31N3/c1-2-13-33(14-3-1)47-50-48(52-49(51-47)46-31-39-16-6-7-17-41(39)43-19-9-10-20-44(43)46)45-21-11-8-18-42(45)40-27-26-37-29-36(24-25-38(37)30-40)35-23-22-32-12-4-5-15-34(32)28-35/h1-31H. The van der Waals surface area contributed by atoms with Gasteiger partial charge in [-0.15, -0.1) is 0 Å². The lowest BCUT2D eigenvalue weighted by atomic mass is 9.94. The van der Waals surface area contributed by atoms with E-state index in [1.807, 2.05) is 18.2 Å². The summed E-state index contributed by atoms with van der Waals surface area (Å²) >= 11 is 0. The van der Waals surface area contributed by atoms with Crippen LogP contribution in [0.3, 0.4) is 0 Å². The number of fused-ring (bicyclic) bond motifs is 5. The number of aromatic nitrogens is 3. The first-order valence-electron chi connectivity index (χ1n) is 17.6. The van der Waals surface area contributed by atoms with Gasteiger partial charge in [-0.05, 0) is 89.6 Å². The van der Waals surface area contributed by atoms with Crippen LogP contribution >= 0.6 is 0 Å². The molecule has 0 aliphatic rings. The zero-order valence-electron chi connectivity index (χ0n) is 28.2. The van der Waals surface area contributed by atoms with Gasteiger partial charge in [-0.1, -0.05) is 164 Å². The average Bonchev–Trinajstić information content (AvgIpc) is 3.23. The van der Waals surface area contributed by atoms with Gasteiger partial charge in [-0.2, -0.15) is 0 Å². The van der Waals surface area contributed by atoms with E-state index in [1.54, 1.807) is 0 Å². The van der Waals surface area contributed by atoms with Crippen molar-refractivity contribution in [3.05, 3.63) is 188 Å². The van der Waals surface area contributed by atoms with Gasteiger partial charge in [-0.3, -0.25) is 0 Å². The van der Waals surface area contributed by atoms with E-state index in [1.165, 1.54) is 43.4 Å². The molecule has 3 heteroatoms. The lowest BCUT2D eigenvalue weighted by Gasteiger charge is -2.14. The zero-order valence-corrected chi connectivity index (χ0v) is 28.2. The quantitative estimate of drug-likeness (QED) is 0.172. The first-order chi connectivity index (χ1) is 25.7. The van der Waals surface area contributed by atoms with Crippen LogP contribution in [-0.4, -0.2) is 15.0 Å². The molecule has 3 nitrogen and oxygen atoms in total. The van der Waals surface area contributed by atoms with Crippen molar-refractivity contribution in [2.24, 2.45) is 0 Å². The summed E-state index contributed by atoms with van der Waals surface area (Å²) in [5.41, 5.74) is 7.50. The number of rotatable bonds is 5. The van der Waals surface area contributed by atoms with Crippen molar-refractivity contribution < 1.29 is 0 Å². The Balaban J connectivity index is 1.12. The fourth-order valence-electron chi connectivity index (χ4n) is 7.46. The largest absolute Gasteiger partial charge is 0.208 e. The third-order valence-corrected chi connectivity index (χ3v) is 10.1. The lowest BCUT2D eigenvalue weighted by Crippen LogP contribution is -2.01. The van der Waals surface area contributed by atoms with Gasteiger partial charge in [0.15, 0.2) is 17.5 Å². The molecular formula is C49H31N3. The highest BCUT2D eigenvalue weighted by Gasteiger charge is 2.18. The first-order valence-corrected chi connectivity index (χ1v) is 17.6. The van der Waals surface area contributed by atoms with Crippen molar-refractivity contribution in [3.63, 3.8) is 0 Å². The molecule has 0 saturated carbocycles. The summed E-state index contributed by atoms with van der Waals surface area (Å²) < 4.78 is 0. The van der Waals surface area contributed by atoms with Gasteiger partial charge >= 0.3 is 0 Å². The Morgan fingerprint density at radius 2 is 0.712 bits per heavy atom. The first kappa shape index (κ1) is 29.9. The summed E-state index contributed by atoms with van der Waals surface area (Å²) in [6, 6.07) is 66.5. The van der Waals surface area contributed by atoms with Crippen LogP contribution in [0, 0.1) is 0 Å². The van der Waals surface area contributed by atoms with Crippen molar-refractivity contribution in [2.45, 2.75) is 0 Å². The van der Waals surface area contributed by atoms with Crippen LogP contribution in [0.4, 0.5) is 0 Å². The molecule has 0 aliphatic carbocycles. The zero-order chi connectivity index (χ0) is 34.4. The summed E-state index contributed by atoms with van der Waals surface area (Å²) in [6.07, 6.45) is 0. The summed E-state index contributed by atoms with van der Waals surface area (Å²) in [5, 5.41) is 9.54. The molecule has 1 heterocycles. The summed E-state index contributed by atoms with van der Waals surface area (Å²) in [7, 11) is 0. The summed E-state index contributed by atoms with van der Waals surface area (Å²) in [4.78, 5) is 15.5. The van der Waals surface area contributed by atoms with Crippen LogP contribution in [0.5, 0.6) is 0 Å². The molecule has 0 amide bonds. The smallest absolute Gasteiger partial charge is 0.164 e. The molecule has 0 unspecified atom stereocenters. The Morgan fingerprint density at radius 1 is 0.231 bits per heavy atom. The van der Waals surface area contributed by atoms with Crippen LogP contribution in [-0.2, 0) is 0 Å². The minimum absolute atomic E-state index is 0.642. The van der Waals surface area contributed by atoms with E-state index in [4.69, 9.17) is 15.0 Å². The highest BCUT2D eigenvalue weighted by molar-refractivity contribution is 6.13. The van der Waals surface area contributed by atoms with Crippen molar-refractivity contribution in [3.8, 4) is 56.4 Å². The van der Waals surface area contributed by atoms with E-state index in [0.717, 1.165) is 38.6 Å². The normalized spacial score (nSPS) is 11.5. The van der Waals surface area contributed by atoms with E-state index >= 15 is 0 Å². The molecule has 0 saturated heterocycles. The minimum Gasteiger partial charge on any atom is -0.208 e. The molecule has 0 N–H and O–H groups in total. The second-order valence-corrected chi connectivity index (χ2v) is 13.2. The molecule has 10 rings (SSSR count). The Kier molecular flexibility index (Phi) is 7.14. The maximum atomic E-state index is 5.25. The molecule has 0 spiro atoms. The fourth-order valence-corrected chi connectivity index (χ4v) is 7.46. The van der Waals surface area contributed by atoms with Gasteiger partial charge in [0, 0.05) is 16.7 Å². The van der Waals surface area contributed by atoms with E-state index in [9.17, 15) is 0 Å². The Bertz CT molecular complexity index is 2970. The summed E-state index contributed by atoms with van der Waals surface area (Å²) in [6.45, 7) is 0. The number of hydrogen-bond acceptors (Lipinski definition) is 3. The molecule has 0 radical (unpaired) electrons. The van der Waals surface area contributed by atoms with Gasteiger partial charge in [0.05, 0.1) is 0 Å². The number of nitrogens with zero attached hydrogens (tertiary/aromatic N) is 3. The van der Waals surface area contributed by atoms with Gasteiger partial charge in [0.2, 0.25) is 0 Å². The van der Waals surface area contributed by atoms with Crippen LogP contribution in [0.25, 0.3) is 99.5 Å². The molecule has 10 aromatic rings. The Hall–Kier alpha value is -6.97. The van der Waals surface area contributed by atoms with E-state index < -0.39 is 0 Å². The van der Waals surface area contributed by atoms with E-state index in [2.05, 4.69) is 170 Å². The van der Waals surface area contributed by atoms with Crippen LogP contribution in [0.15, 0.2) is 188 Å². The SMILES string of the molecule is c1ccc(-c2nc(-c3ccccc3-c3ccc4cc(-c5ccc6ccccc6c5)ccc4c3)nc(-c3cc4ccccc4c4ccccc34)n2)cc1. The van der Waals surface area contributed by atoms with Crippen LogP contribution < -0.4 is 0 Å². The maximum Gasteiger partial charge on any atom is 0.164 e. The second kappa shape index (κ2) is 12.4. The highest BCUT2D eigenvalue weighted by atomic mass is 15.0. The molecule has 0 atom stereocenters. The van der Waals surface area contributed by atoms with E-state index in [0.29, 0.717) is 17.5 Å². The van der Waals surface area contributed by atoms with Crippen molar-refractivity contribution in [2.75, 3.05) is 0 Å².